The van der Waals surface area contributed by atoms with Crippen molar-refractivity contribution < 1.29 is 4.79 Å². The molecule has 3 N–H and O–H groups in total. The van der Waals surface area contributed by atoms with Crippen molar-refractivity contribution in [2.75, 3.05) is 0 Å². The number of hydrogen-bond acceptors (Lipinski definition) is 2. The summed E-state index contributed by atoms with van der Waals surface area (Å²) in [5, 5.41) is 5.61. The maximum atomic E-state index is 10.7. The number of hydrazone groups is 1. The van der Waals surface area contributed by atoms with Crippen LogP contribution >= 0.6 is 11.6 Å². The van der Waals surface area contributed by atoms with Crippen molar-refractivity contribution in [2.24, 2.45) is 10.8 Å². The fourth-order valence-corrected chi connectivity index (χ4v) is 2.68. The van der Waals surface area contributed by atoms with Crippen LogP contribution in [0.3, 0.4) is 0 Å². The molecule has 0 aliphatic heterocycles. The van der Waals surface area contributed by atoms with Crippen molar-refractivity contribution in [3.05, 3.63) is 70.9 Å². The number of halogens is 1. The first-order chi connectivity index (χ1) is 11.1. The molecular weight excluding hydrogens is 312 g/mol. The van der Waals surface area contributed by atoms with Gasteiger partial charge in [0.2, 0.25) is 0 Å². The van der Waals surface area contributed by atoms with E-state index in [1.54, 1.807) is 6.21 Å². The van der Waals surface area contributed by atoms with Crippen LogP contribution < -0.4 is 11.2 Å². The quantitative estimate of drug-likeness (QED) is 0.560. The lowest BCUT2D eigenvalue weighted by molar-refractivity contribution is 0.249. The number of amides is 2. The monoisotopic (exact) mass is 326 g/mol. The Morgan fingerprint density at radius 2 is 1.96 bits per heavy atom. The highest BCUT2D eigenvalue weighted by Gasteiger charge is 2.08. The Hall–Kier alpha value is -2.79. The van der Waals surface area contributed by atoms with E-state index in [9.17, 15) is 4.79 Å². The average Bonchev–Trinajstić information content (AvgIpc) is 2.88. The zero-order valence-corrected chi connectivity index (χ0v) is 13.0. The lowest BCUT2D eigenvalue weighted by Crippen LogP contribution is -2.24. The van der Waals surface area contributed by atoms with Crippen LogP contribution in [-0.2, 0) is 6.54 Å². The van der Waals surface area contributed by atoms with E-state index in [0.717, 1.165) is 27.1 Å². The number of fused-ring (bicyclic) bond motifs is 1. The maximum Gasteiger partial charge on any atom is 0.332 e. The molecule has 1 aromatic heterocycles. The molecule has 3 aromatic rings. The second-order valence-electron chi connectivity index (χ2n) is 5.06. The van der Waals surface area contributed by atoms with Gasteiger partial charge in [0.05, 0.1) is 6.21 Å². The molecule has 2 aromatic carbocycles. The summed E-state index contributed by atoms with van der Waals surface area (Å²) in [6.07, 6.45) is 3.55. The van der Waals surface area contributed by atoms with Crippen LogP contribution in [0.25, 0.3) is 10.9 Å². The van der Waals surface area contributed by atoms with Crippen LogP contribution in [0.15, 0.2) is 59.8 Å². The van der Waals surface area contributed by atoms with E-state index in [1.165, 1.54) is 0 Å². The number of rotatable bonds is 4. The van der Waals surface area contributed by atoms with Crippen molar-refractivity contribution in [2.45, 2.75) is 6.54 Å². The summed E-state index contributed by atoms with van der Waals surface area (Å²) >= 11 is 6.25. The van der Waals surface area contributed by atoms with Gasteiger partial charge in [0.25, 0.3) is 0 Å². The summed E-state index contributed by atoms with van der Waals surface area (Å²) in [6.45, 7) is 0.650. The fourth-order valence-electron chi connectivity index (χ4n) is 2.48. The van der Waals surface area contributed by atoms with Gasteiger partial charge >= 0.3 is 6.03 Å². The van der Waals surface area contributed by atoms with E-state index >= 15 is 0 Å². The number of carbonyl (C=O) groups is 1. The lowest BCUT2D eigenvalue weighted by Gasteiger charge is -2.07. The molecule has 0 fully saturated rings. The Labute approximate surface area is 138 Å². The minimum absolute atomic E-state index is 0.650. The molecule has 0 saturated carbocycles. The van der Waals surface area contributed by atoms with E-state index in [0.29, 0.717) is 6.54 Å². The van der Waals surface area contributed by atoms with Crippen LogP contribution in [0, 0.1) is 0 Å². The summed E-state index contributed by atoms with van der Waals surface area (Å²) in [7, 11) is 0. The topological polar surface area (TPSA) is 72.4 Å². The summed E-state index contributed by atoms with van der Waals surface area (Å²) in [4.78, 5) is 10.7. The van der Waals surface area contributed by atoms with Gasteiger partial charge < -0.3 is 10.3 Å². The van der Waals surface area contributed by atoms with Gasteiger partial charge in [-0.15, -0.1) is 0 Å². The van der Waals surface area contributed by atoms with Gasteiger partial charge in [-0.1, -0.05) is 48.0 Å². The number of nitrogens with zero attached hydrogens (tertiary/aromatic N) is 2. The number of nitrogens with one attached hydrogen (secondary N) is 1. The standard InChI is InChI=1S/C17H15ClN4O/c18-15-7-3-1-5-12(15)10-22-11-13(9-20-21-17(19)23)14-6-2-4-8-16(14)22/h1-9,11H,10H2,(H3,19,21,23)/b20-9-. The first-order valence-corrected chi connectivity index (χ1v) is 7.43. The minimum atomic E-state index is -0.693. The first kappa shape index (κ1) is 15.1. The number of benzene rings is 2. The molecule has 0 aliphatic rings. The molecule has 0 bridgehead atoms. The van der Waals surface area contributed by atoms with Crippen molar-refractivity contribution >= 4 is 34.7 Å². The predicted octanol–water partition coefficient (Wildman–Crippen LogP) is 3.35. The van der Waals surface area contributed by atoms with E-state index in [-0.39, 0.29) is 0 Å². The van der Waals surface area contributed by atoms with Gasteiger partial charge in [-0.2, -0.15) is 5.10 Å². The molecule has 3 rings (SSSR count). The Balaban J connectivity index is 1.99. The molecule has 0 atom stereocenters. The third-order valence-corrected chi connectivity index (χ3v) is 3.87. The normalized spacial score (nSPS) is 11.2. The van der Waals surface area contributed by atoms with Crippen LogP contribution in [-0.4, -0.2) is 16.8 Å². The fraction of sp³-hybridized carbons (Fsp3) is 0.0588. The molecule has 116 valence electrons. The molecular formula is C17H15ClN4O. The number of nitrogens with two attached hydrogens (primary N) is 1. The van der Waals surface area contributed by atoms with Crippen LogP contribution in [0.1, 0.15) is 11.1 Å². The zero-order chi connectivity index (χ0) is 16.2. The Kier molecular flexibility index (Phi) is 4.30. The van der Waals surface area contributed by atoms with Crippen molar-refractivity contribution in [3.63, 3.8) is 0 Å². The molecule has 0 aliphatic carbocycles. The summed E-state index contributed by atoms with van der Waals surface area (Å²) in [6, 6.07) is 15.0. The molecule has 5 nitrogen and oxygen atoms in total. The molecule has 6 heteroatoms. The van der Waals surface area contributed by atoms with E-state index in [4.69, 9.17) is 17.3 Å². The largest absolute Gasteiger partial charge is 0.350 e. The molecule has 0 spiro atoms. The van der Waals surface area contributed by atoms with E-state index in [2.05, 4.69) is 15.1 Å². The summed E-state index contributed by atoms with van der Waals surface area (Å²) in [5.74, 6) is 0. The van der Waals surface area contributed by atoms with E-state index in [1.807, 2.05) is 54.7 Å². The first-order valence-electron chi connectivity index (χ1n) is 7.05. The van der Waals surface area contributed by atoms with Gasteiger partial charge in [0, 0.05) is 34.2 Å². The SMILES string of the molecule is NC(=O)N/N=C\c1cn(Cc2ccccc2Cl)c2ccccc12. The third-order valence-electron chi connectivity index (χ3n) is 3.50. The smallest absolute Gasteiger partial charge is 0.332 e. The highest BCUT2D eigenvalue weighted by molar-refractivity contribution is 6.31. The Morgan fingerprint density at radius 3 is 2.74 bits per heavy atom. The van der Waals surface area contributed by atoms with Crippen LogP contribution in [0.2, 0.25) is 5.02 Å². The van der Waals surface area contributed by atoms with Gasteiger partial charge in [-0.25, -0.2) is 10.2 Å². The predicted molar refractivity (Wildman–Crippen MR) is 92.8 cm³/mol. The number of hydrogen-bond donors (Lipinski definition) is 2. The molecule has 0 saturated heterocycles. The van der Waals surface area contributed by atoms with E-state index < -0.39 is 6.03 Å². The number of para-hydroxylation sites is 1. The minimum Gasteiger partial charge on any atom is -0.350 e. The number of primary amides is 1. The zero-order valence-electron chi connectivity index (χ0n) is 12.2. The molecule has 0 radical (unpaired) electrons. The molecule has 23 heavy (non-hydrogen) atoms. The van der Waals surface area contributed by atoms with Crippen molar-refractivity contribution in [1.29, 1.82) is 0 Å². The van der Waals surface area contributed by atoms with Gasteiger partial charge in [-0.3, -0.25) is 0 Å². The Bertz CT molecular complexity index is 885. The van der Waals surface area contributed by atoms with Crippen LogP contribution in [0.4, 0.5) is 4.79 Å². The van der Waals surface area contributed by atoms with Crippen molar-refractivity contribution in [1.82, 2.24) is 9.99 Å². The van der Waals surface area contributed by atoms with Gasteiger partial charge in [0.1, 0.15) is 0 Å². The van der Waals surface area contributed by atoms with Crippen molar-refractivity contribution in [3.8, 4) is 0 Å². The molecule has 2 amide bonds. The van der Waals surface area contributed by atoms with Gasteiger partial charge in [0.15, 0.2) is 0 Å². The number of carbonyl (C=O) groups excluding carboxylic acids is 1. The molecule has 1 heterocycles. The second-order valence-corrected chi connectivity index (χ2v) is 5.46. The Morgan fingerprint density at radius 1 is 1.22 bits per heavy atom. The highest BCUT2D eigenvalue weighted by atomic mass is 35.5. The van der Waals surface area contributed by atoms with Gasteiger partial charge in [-0.05, 0) is 17.7 Å². The second kappa shape index (κ2) is 6.54. The van der Waals surface area contributed by atoms with Crippen LogP contribution in [0.5, 0.6) is 0 Å². The summed E-state index contributed by atoms with van der Waals surface area (Å²) < 4.78 is 2.10. The summed E-state index contributed by atoms with van der Waals surface area (Å²) in [5.41, 5.74) is 10.2. The molecule has 0 unspecified atom stereocenters. The number of urea groups is 1. The third kappa shape index (κ3) is 3.35. The maximum absolute atomic E-state index is 10.7. The average molecular weight is 327 g/mol. The lowest BCUT2D eigenvalue weighted by atomic mass is 10.2. The highest BCUT2D eigenvalue weighted by Crippen LogP contribution is 2.23. The number of aromatic nitrogens is 1.